The number of sulfonamides is 1. The predicted molar refractivity (Wildman–Crippen MR) is 129 cm³/mol. The minimum atomic E-state index is -3.60. The van der Waals surface area contributed by atoms with Gasteiger partial charge in [0.2, 0.25) is 10.0 Å². The maximum atomic E-state index is 13.1. The van der Waals surface area contributed by atoms with E-state index >= 15 is 0 Å². The van der Waals surface area contributed by atoms with Crippen LogP contribution in [-0.2, 0) is 16.6 Å². The summed E-state index contributed by atoms with van der Waals surface area (Å²) in [4.78, 5) is 15.0. The Balaban J connectivity index is 1.55. The van der Waals surface area contributed by atoms with Crippen LogP contribution in [0.25, 0.3) is 0 Å². The lowest BCUT2D eigenvalue weighted by molar-refractivity contribution is 0.102. The van der Waals surface area contributed by atoms with Gasteiger partial charge in [0.1, 0.15) is 0 Å². The molecule has 4 rings (SSSR count). The first-order valence-corrected chi connectivity index (χ1v) is 12.5. The van der Waals surface area contributed by atoms with Crippen molar-refractivity contribution >= 4 is 27.3 Å². The van der Waals surface area contributed by atoms with Crippen LogP contribution in [0.15, 0.2) is 65.8 Å². The van der Waals surface area contributed by atoms with Crippen molar-refractivity contribution in [1.82, 2.24) is 14.1 Å². The number of amides is 1. The number of carbonyl (C=O) groups is 1. The molecule has 3 aromatic rings. The van der Waals surface area contributed by atoms with Crippen LogP contribution in [0.5, 0.6) is 0 Å². The Labute approximate surface area is 194 Å². The molecule has 0 unspecified atom stereocenters. The van der Waals surface area contributed by atoms with Gasteiger partial charge in [0, 0.05) is 45.1 Å². The minimum absolute atomic E-state index is 0.194. The van der Waals surface area contributed by atoms with Crippen molar-refractivity contribution in [2.75, 3.05) is 37.4 Å². The maximum absolute atomic E-state index is 13.1. The SMILES string of the molecule is CN(C)c1ccc(S(=O)(=O)N2CCCCC2)cc1NC(=O)c1ccc(Cn2cccn2)cc1. The van der Waals surface area contributed by atoms with Crippen molar-refractivity contribution < 1.29 is 13.2 Å². The molecule has 9 heteroatoms. The van der Waals surface area contributed by atoms with E-state index in [0.29, 0.717) is 30.9 Å². The number of rotatable bonds is 7. The lowest BCUT2D eigenvalue weighted by atomic mass is 10.1. The first kappa shape index (κ1) is 23.0. The Morgan fingerprint density at radius 2 is 1.79 bits per heavy atom. The van der Waals surface area contributed by atoms with E-state index in [1.165, 1.54) is 4.31 Å². The highest BCUT2D eigenvalue weighted by Crippen LogP contribution is 2.30. The van der Waals surface area contributed by atoms with Crippen molar-refractivity contribution in [3.63, 3.8) is 0 Å². The summed E-state index contributed by atoms with van der Waals surface area (Å²) in [5.74, 6) is -0.295. The molecule has 1 amide bonds. The molecular formula is C24H29N5O3S. The third-order valence-electron chi connectivity index (χ3n) is 5.77. The number of hydrogen-bond acceptors (Lipinski definition) is 5. The summed E-state index contributed by atoms with van der Waals surface area (Å²) in [6, 6.07) is 14.1. The van der Waals surface area contributed by atoms with E-state index in [4.69, 9.17) is 0 Å². The first-order chi connectivity index (χ1) is 15.8. The molecule has 2 heterocycles. The minimum Gasteiger partial charge on any atom is -0.376 e. The van der Waals surface area contributed by atoms with Crippen LogP contribution in [0.3, 0.4) is 0 Å². The van der Waals surface area contributed by atoms with Gasteiger partial charge in [-0.15, -0.1) is 0 Å². The number of nitrogens with zero attached hydrogens (tertiary/aromatic N) is 4. The van der Waals surface area contributed by atoms with Gasteiger partial charge in [0.05, 0.1) is 22.8 Å². The Bertz CT molecular complexity index is 1200. The fourth-order valence-corrected chi connectivity index (χ4v) is 5.50. The Hall–Kier alpha value is -3.17. The van der Waals surface area contributed by atoms with E-state index in [1.807, 2.05) is 48.1 Å². The molecule has 1 aromatic heterocycles. The Morgan fingerprint density at radius 1 is 1.06 bits per heavy atom. The molecule has 0 spiro atoms. The van der Waals surface area contributed by atoms with Crippen LogP contribution in [0, 0.1) is 0 Å². The third-order valence-corrected chi connectivity index (χ3v) is 7.67. The summed E-state index contributed by atoms with van der Waals surface area (Å²) in [6.45, 7) is 1.69. The summed E-state index contributed by atoms with van der Waals surface area (Å²) in [5.41, 5.74) is 2.71. The predicted octanol–water partition coefficient (Wildman–Crippen LogP) is 3.42. The average Bonchev–Trinajstić information content (AvgIpc) is 3.33. The zero-order chi connectivity index (χ0) is 23.4. The Kier molecular flexibility index (Phi) is 6.80. The normalized spacial score (nSPS) is 14.7. The molecule has 1 aliphatic heterocycles. The van der Waals surface area contributed by atoms with Crippen LogP contribution in [0.2, 0.25) is 0 Å². The number of piperidine rings is 1. The summed E-state index contributed by atoms with van der Waals surface area (Å²) >= 11 is 0. The van der Waals surface area contributed by atoms with Gasteiger partial charge in [-0.25, -0.2) is 8.42 Å². The lowest BCUT2D eigenvalue weighted by Gasteiger charge is -2.26. The smallest absolute Gasteiger partial charge is 0.255 e. The molecule has 1 N–H and O–H groups in total. The molecular weight excluding hydrogens is 438 g/mol. The van der Waals surface area contributed by atoms with Crippen molar-refractivity contribution in [2.45, 2.75) is 30.7 Å². The van der Waals surface area contributed by atoms with Gasteiger partial charge in [-0.3, -0.25) is 9.48 Å². The second-order valence-corrected chi connectivity index (χ2v) is 10.3. The Morgan fingerprint density at radius 3 is 2.42 bits per heavy atom. The number of hydrogen-bond donors (Lipinski definition) is 1. The first-order valence-electron chi connectivity index (χ1n) is 11.0. The van der Waals surface area contributed by atoms with Crippen LogP contribution in [0.1, 0.15) is 35.2 Å². The van der Waals surface area contributed by atoms with Crippen molar-refractivity contribution in [3.05, 3.63) is 72.1 Å². The summed E-state index contributed by atoms with van der Waals surface area (Å²) in [5, 5.41) is 7.10. The zero-order valence-electron chi connectivity index (χ0n) is 18.9. The number of carbonyl (C=O) groups excluding carboxylic acids is 1. The number of benzene rings is 2. The van der Waals surface area contributed by atoms with Gasteiger partial charge in [0.25, 0.3) is 5.91 Å². The van der Waals surface area contributed by atoms with Crippen LogP contribution in [0.4, 0.5) is 11.4 Å². The molecule has 0 bridgehead atoms. The largest absolute Gasteiger partial charge is 0.376 e. The number of anilines is 2. The van der Waals surface area contributed by atoms with Crippen molar-refractivity contribution in [2.24, 2.45) is 0 Å². The molecule has 1 saturated heterocycles. The van der Waals surface area contributed by atoms with Gasteiger partial charge in [-0.1, -0.05) is 18.6 Å². The molecule has 0 atom stereocenters. The van der Waals surface area contributed by atoms with Gasteiger partial charge in [0.15, 0.2) is 0 Å². The highest BCUT2D eigenvalue weighted by Gasteiger charge is 2.27. The topological polar surface area (TPSA) is 87.5 Å². The summed E-state index contributed by atoms with van der Waals surface area (Å²) < 4.78 is 29.6. The summed E-state index contributed by atoms with van der Waals surface area (Å²) in [6.07, 6.45) is 6.40. The number of nitrogens with one attached hydrogen (secondary N) is 1. The standard InChI is InChI=1S/C24H29N5O3S/c1-27(2)23-12-11-21(33(31,32)29-15-4-3-5-16-29)17-22(23)26-24(30)20-9-7-19(8-10-20)18-28-14-6-13-25-28/h6-14,17H,3-5,15-16,18H2,1-2H3,(H,26,30). The fourth-order valence-electron chi connectivity index (χ4n) is 3.96. The second-order valence-electron chi connectivity index (χ2n) is 8.39. The van der Waals surface area contributed by atoms with Gasteiger partial charge in [-0.2, -0.15) is 9.40 Å². The zero-order valence-corrected chi connectivity index (χ0v) is 19.8. The van der Waals surface area contributed by atoms with E-state index in [9.17, 15) is 13.2 Å². The quantitative estimate of drug-likeness (QED) is 0.575. The molecule has 1 aliphatic rings. The van der Waals surface area contributed by atoms with Gasteiger partial charge in [-0.05, 0) is 54.8 Å². The molecule has 1 fully saturated rings. The van der Waals surface area contributed by atoms with E-state index in [-0.39, 0.29) is 10.8 Å². The van der Waals surface area contributed by atoms with Crippen molar-refractivity contribution in [3.8, 4) is 0 Å². The highest BCUT2D eigenvalue weighted by molar-refractivity contribution is 7.89. The maximum Gasteiger partial charge on any atom is 0.255 e. The molecule has 0 radical (unpaired) electrons. The van der Waals surface area contributed by atoms with E-state index in [1.54, 1.807) is 36.5 Å². The molecule has 0 saturated carbocycles. The van der Waals surface area contributed by atoms with Crippen LogP contribution in [-0.4, -0.2) is 55.6 Å². The van der Waals surface area contributed by atoms with Crippen molar-refractivity contribution in [1.29, 1.82) is 0 Å². The van der Waals surface area contributed by atoms with Crippen LogP contribution >= 0.6 is 0 Å². The van der Waals surface area contributed by atoms with Crippen LogP contribution < -0.4 is 10.2 Å². The monoisotopic (exact) mass is 467 g/mol. The van der Waals surface area contributed by atoms with Gasteiger partial charge < -0.3 is 10.2 Å². The van der Waals surface area contributed by atoms with E-state index < -0.39 is 10.0 Å². The average molecular weight is 468 g/mol. The second kappa shape index (κ2) is 9.76. The molecule has 2 aromatic carbocycles. The van der Waals surface area contributed by atoms with E-state index in [0.717, 1.165) is 30.5 Å². The fraction of sp³-hybridized carbons (Fsp3) is 0.333. The summed E-state index contributed by atoms with van der Waals surface area (Å²) in [7, 11) is 0.107. The van der Waals surface area contributed by atoms with E-state index in [2.05, 4.69) is 10.4 Å². The third kappa shape index (κ3) is 5.26. The molecule has 174 valence electrons. The highest BCUT2D eigenvalue weighted by atomic mass is 32.2. The molecule has 0 aliphatic carbocycles. The number of aromatic nitrogens is 2. The molecule has 33 heavy (non-hydrogen) atoms. The lowest BCUT2D eigenvalue weighted by Crippen LogP contribution is -2.35. The molecule has 8 nitrogen and oxygen atoms in total. The van der Waals surface area contributed by atoms with Gasteiger partial charge >= 0.3 is 0 Å².